The van der Waals surface area contributed by atoms with Crippen LogP contribution in [0.3, 0.4) is 0 Å². The van der Waals surface area contributed by atoms with E-state index in [1.54, 1.807) is 31.2 Å². The first kappa shape index (κ1) is 24.1. The van der Waals surface area contributed by atoms with Crippen molar-refractivity contribution in [1.29, 1.82) is 0 Å². The van der Waals surface area contributed by atoms with Crippen LogP contribution in [-0.4, -0.2) is 53.0 Å². The van der Waals surface area contributed by atoms with E-state index in [-0.39, 0.29) is 30.5 Å². The van der Waals surface area contributed by atoms with E-state index < -0.39 is 10.0 Å². The van der Waals surface area contributed by atoms with Crippen molar-refractivity contribution in [1.82, 2.24) is 4.31 Å². The minimum absolute atomic E-state index is 0.110. The van der Waals surface area contributed by atoms with E-state index in [9.17, 15) is 13.2 Å². The van der Waals surface area contributed by atoms with Crippen LogP contribution in [0.5, 0.6) is 0 Å². The zero-order valence-electron chi connectivity index (χ0n) is 17.7. The first-order valence-corrected chi connectivity index (χ1v) is 11.4. The van der Waals surface area contributed by atoms with Crippen molar-refractivity contribution in [2.75, 3.05) is 44.6 Å². The number of sulfonamides is 1. The molecule has 0 aromatic heterocycles. The van der Waals surface area contributed by atoms with Gasteiger partial charge in [-0.05, 0) is 42.0 Å². The van der Waals surface area contributed by atoms with Gasteiger partial charge in [-0.3, -0.25) is 4.79 Å². The first-order chi connectivity index (χ1) is 14.2. The van der Waals surface area contributed by atoms with Crippen molar-refractivity contribution in [3.8, 4) is 0 Å². The van der Waals surface area contributed by atoms with Gasteiger partial charge in [0.05, 0.1) is 11.5 Å². The Morgan fingerprint density at radius 1 is 1.17 bits per heavy atom. The van der Waals surface area contributed by atoms with E-state index in [2.05, 4.69) is 5.32 Å². The minimum Gasteiger partial charge on any atom is -0.383 e. The Labute approximate surface area is 183 Å². The highest BCUT2D eigenvalue weighted by Crippen LogP contribution is 2.27. The molecular formula is C21H28ClN3O4S. The molecular weight excluding hydrogens is 426 g/mol. The minimum atomic E-state index is -3.81. The van der Waals surface area contributed by atoms with Gasteiger partial charge in [0.2, 0.25) is 15.9 Å². The molecule has 2 rings (SSSR count). The van der Waals surface area contributed by atoms with Crippen LogP contribution in [0, 0.1) is 0 Å². The number of benzene rings is 2. The van der Waals surface area contributed by atoms with Crippen LogP contribution in [0.15, 0.2) is 47.4 Å². The summed E-state index contributed by atoms with van der Waals surface area (Å²) in [6, 6.07) is 11.7. The average Bonchev–Trinajstić information content (AvgIpc) is 2.70. The summed E-state index contributed by atoms with van der Waals surface area (Å²) in [7, 11) is 1.48. The van der Waals surface area contributed by atoms with Crippen molar-refractivity contribution >= 4 is 38.9 Å². The van der Waals surface area contributed by atoms with Crippen LogP contribution in [0.1, 0.15) is 18.9 Å². The molecule has 2 aromatic rings. The molecule has 0 fully saturated rings. The molecule has 0 atom stereocenters. The van der Waals surface area contributed by atoms with Gasteiger partial charge in [0.25, 0.3) is 0 Å². The number of nitrogens with one attached hydrogen (secondary N) is 1. The molecule has 0 saturated heterocycles. The van der Waals surface area contributed by atoms with Crippen molar-refractivity contribution < 1.29 is 17.9 Å². The smallest absolute Gasteiger partial charge is 0.243 e. The number of nitrogens with zero attached hydrogens (tertiary/aromatic N) is 2. The SMILES string of the molecule is CCC(=O)Nc1ccc(N(C)C)c(CN(CCOC)S(=O)(=O)c2cccc(Cl)c2)c1. The number of rotatable bonds is 10. The van der Waals surface area contributed by atoms with Crippen LogP contribution < -0.4 is 10.2 Å². The standard InChI is InChI=1S/C21H28ClN3O4S/c1-5-21(26)23-18-9-10-20(24(2)3)16(13-18)15-25(11-12-29-4)30(27,28)19-8-6-7-17(22)14-19/h6-10,13-14H,5,11-12,15H2,1-4H3,(H,23,26). The topological polar surface area (TPSA) is 79.0 Å². The molecule has 2 aromatic carbocycles. The Morgan fingerprint density at radius 3 is 2.50 bits per heavy atom. The molecule has 0 saturated carbocycles. The lowest BCUT2D eigenvalue weighted by molar-refractivity contribution is -0.115. The largest absolute Gasteiger partial charge is 0.383 e. The Kier molecular flexibility index (Phi) is 8.66. The van der Waals surface area contributed by atoms with E-state index in [1.807, 2.05) is 25.1 Å². The summed E-state index contributed by atoms with van der Waals surface area (Å²) in [5.41, 5.74) is 2.23. The lowest BCUT2D eigenvalue weighted by Crippen LogP contribution is -2.34. The van der Waals surface area contributed by atoms with Crippen LogP contribution >= 0.6 is 11.6 Å². The van der Waals surface area contributed by atoms with E-state index in [4.69, 9.17) is 16.3 Å². The van der Waals surface area contributed by atoms with E-state index in [0.29, 0.717) is 17.1 Å². The second kappa shape index (κ2) is 10.8. The van der Waals surface area contributed by atoms with Gasteiger partial charge in [0.15, 0.2) is 0 Å². The highest BCUT2D eigenvalue weighted by atomic mass is 35.5. The van der Waals surface area contributed by atoms with Crippen molar-refractivity contribution in [2.24, 2.45) is 0 Å². The molecule has 0 unspecified atom stereocenters. The second-order valence-electron chi connectivity index (χ2n) is 6.93. The van der Waals surface area contributed by atoms with Gasteiger partial charge in [0, 0.05) is 57.1 Å². The van der Waals surface area contributed by atoms with E-state index in [0.717, 1.165) is 11.3 Å². The number of ether oxygens (including phenoxy) is 1. The number of methoxy groups -OCH3 is 1. The summed E-state index contributed by atoms with van der Waals surface area (Å²) in [6.07, 6.45) is 0.355. The van der Waals surface area contributed by atoms with Crippen molar-refractivity contribution in [2.45, 2.75) is 24.8 Å². The molecule has 0 aliphatic rings. The van der Waals surface area contributed by atoms with Gasteiger partial charge in [-0.2, -0.15) is 4.31 Å². The van der Waals surface area contributed by atoms with Crippen LogP contribution in [0.25, 0.3) is 0 Å². The average molecular weight is 454 g/mol. The third-order valence-corrected chi connectivity index (χ3v) is 6.57. The van der Waals surface area contributed by atoms with Gasteiger partial charge >= 0.3 is 0 Å². The zero-order chi connectivity index (χ0) is 22.3. The van der Waals surface area contributed by atoms with Crippen molar-refractivity contribution in [3.63, 3.8) is 0 Å². The number of carbonyl (C=O) groups excluding carboxylic acids is 1. The van der Waals surface area contributed by atoms with Gasteiger partial charge < -0.3 is 15.0 Å². The third-order valence-electron chi connectivity index (χ3n) is 4.49. The number of anilines is 2. The molecule has 0 bridgehead atoms. The summed E-state index contributed by atoms with van der Waals surface area (Å²) in [5, 5.41) is 3.17. The number of hydrogen-bond donors (Lipinski definition) is 1. The van der Waals surface area contributed by atoms with Gasteiger partial charge in [-0.15, -0.1) is 0 Å². The summed E-state index contributed by atoms with van der Waals surface area (Å²) in [5.74, 6) is -0.110. The molecule has 0 aliphatic carbocycles. The fourth-order valence-electron chi connectivity index (χ4n) is 2.92. The highest BCUT2D eigenvalue weighted by Gasteiger charge is 2.26. The van der Waals surface area contributed by atoms with Crippen LogP contribution in [-0.2, 0) is 26.1 Å². The van der Waals surface area contributed by atoms with Gasteiger partial charge in [0.1, 0.15) is 0 Å². The molecule has 7 nitrogen and oxygen atoms in total. The van der Waals surface area contributed by atoms with Crippen LogP contribution in [0.4, 0.5) is 11.4 Å². The summed E-state index contributed by atoms with van der Waals surface area (Å²) in [4.78, 5) is 13.8. The van der Waals surface area contributed by atoms with E-state index >= 15 is 0 Å². The zero-order valence-corrected chi connectivity index (χ0v) is 19.3. The Hall–Kier alpha value is -2.13. The van der Waals surface area contributed by atoms with Crippen LogP contribution in [0.2, 0.25) is 5.02 Å². The maximum Gasteiger partial charge on any atom is 0.243 e. The summed E-state index contributed by atoms with van der Waals surface area (Å²) >= 11 is 6.02. The summed E-state index contributed by atoms with van der Waals surface area (Å²) in [6.45, 7) is 2.29. The number of amides is 1. The molecule has 0 aliphatic heterocycles. The maximum atomic E-state index is 13.3. The molecule has 0 spiro atoms. The number of halogens is 1. The number of hydrogen-bond acceptors (Lipinski definition) is 5. The van der Waals surface area contributed by atoms with E-state index in [1.165, 1.54) is 23.5 Å². The normalized spacial score (nSPS) is 11.5. The predicted octanol–water partition coefficient (Wildman–Crippen LogP) is 3.59. The second-order valence-corrected chi connectivity index (χ2v) is 9.30. The lowest BCUT2D eigenvalue weighted by Gasteiger charge is -2.25. The number of carbonyl (C=O) groups is 1. The quantitative estimate of drug-likeness (QED) is 0.594. The fourth-order valence-corrected chi connectivity index (χ4v) is 4.62. The molecule has 0 radical (unpaired) electrons. The first-order valence-electron chi connectivity index (χ1n) is 9.53. The highest BCUT2D eigenvalue weighted by molar-refractivity contribution is 7.89. The van der Waals surface area contributed by atoms with Crippen molar-refractivity contribution in [3.05, 3.63) is 53.1 Å². The maximum absolute atomic E-state index is 13.3. The summed E-state index contributed by atoms with van der Waals surface area (Å²) < 4.78 is 33.1. The molecule has 1 amide bonds. The fraction of sp³-hybridized carbons (Fsp3) is 0.381. The van der Waals surface area contributed by atoms with Gasteiger partial charge in [-0.1, -0.05) is 24.6 Å². The predicted molar refractivity (Wildman–Crippen MR) is 121 cm³/mol. The molecule has 30 heavy (non-hydrogen) atoms. The Balaban J connectivity index is 2.46. The molecule has 9 heteroatoms. The Morgan fingerprint density at radius 2 is 1.90 bits per heavy atom. The lowest BCUT2D eigenvalue weighted by atomic mass is 10.1. The molecule has 0 heterocycles. The van der Waals surface area contributed by atoms with Gasteiger partial charge in [-0.25, -0.2) is 8.42 Å². The molecule has 164 valence electrons. The molecule has 1 N–H and O–H groups in total. The monoisotopic (exact) mass is 453 g/mol. The Bertz CT molecular complexity index is 980. The third kappa shape index (κ3) is 6.18.